The molecule has 0 aromatic carbocycles. The minimum Gasteiger partial charge on any atom is -0.444 e. The van der Waals surface area contributed by atoms with E-state index >= 15 is 0 Å². The summed E-state index contributed by atoms with van der Waals surface area (Å²) in [5.41, 5.74) is 11.0. The number of piperidine rings is 1. The topological polar surface area (TPSA) is 143 Å². The number of piperazine rings is 1. The maximum Gasteiger partial charge on any atom is 0.410 e. The molecule has 5 N–H and O–H groups in total. The zero-order valence-corrected chi connectivity index (χ0v) is 22.0. The van der Waals surface area contributed by atoms with E-state index in [9.17, 15) is 9.59 Å². The molecule has 1 atom stereocenters. The highest BCUT2D eigenvalue weighted by Gasteiger charge is 2.36. The Bertz CT molecular complexity index is 901. The van der Waals surface area contributed by atoms with Crippen LogP contribution in [0.4, 0.5) is 16.4 Å². The Balaban J connectivity index is 1.62. The van der Waals surface area contributed by atoms with Crippen LogP contribution >= 0.6 is 11.6 Å². The second-order valence-electron chi connectivity index (χ2n) is 10.1. The molecule has 12 heteroatoms. The molecule has 11 nitrogen and oxygen atoms in total. The number of ether oxygens (including phenoxy) is 1. The number of rotatable bonds is 6. The van der Waals surface area contributed by atoms with Gasteiger partial charge in [-0.2, -0.15) is 0 Å². The molecule has 0 spiro atoms. The quantitative estimate of drug-likeness (QED) is 0.520. The van der Waals surface area contributed by atoms with Crippen LogP contribution < -0.4 is 21.7 Å². The van der Waals surface area contributed by atoms with Gasteiger partial charge in [0.2, 0.25) is 0 Å². The largest absolute Gasteiger partial charge is 0.444 e. The summed E-state index contributed by atoms with van der Waals surface area (Å²) in [6.45, 7) is 12.1. The predicted molar refractivity (Wildman–Crippen MR) is 137 cm³/mol. The number of carbonyl (C=O) groups excluding carboxylic acids is 2. The zero-order valence-electron chi connectivity index (χ0n) is 21.2. The number of nitrogen functional groups attached to an aromatic ring is 1. The first-order chi connectivity index (χ1) is 16.5. The highest BCUT2D eigenvalue weighted by Crippen LogP contribution is 2.30. The van der Waals surface area contributed by atoms with E-state index in [1.54, 1.807) is 0 Å². The molecule has 2 amide bonds. The van der Waals surface area contributed by atoms with Crippen LogP contribution in [-0.4, -0.2) is 95.3 Å². The van der Waals surface area contributed by atoms with Crippen LogP contribution in [0.3, 0.4) is 0 Å². The van der Waals surface area contributed by atoms with Gasteiger partial charge < -0.3 is 31.3 Å². The Morgan fingerprint density at radius 2 is 1.86 bits per heavy atom. The van der Waals surface area contributed by atoms with Gasteiger partial charge >= 0.3 is 6.09 Å². The fourth-order valence-corrected chi connectivity index (χ4v) is 4.92. The summed E-state index contributed by atoms with van der Waals surface area (Å²) in [6.07, 6.45) is 2.55. The maximum atomic E-state index is 12.4. The highest BCUT2D eigenvalue weighted by atomic mass is 35.5. The van der Waals surface area contributed by atoms with Crippen molar-refractivity contribution in [3.05, 3.63) is 10.8 Å². The van der Waals surface area contributed by atoms with Crippen LogP contribution in [-0.2, 0) is 4.74 Å². The molecule has 2 aliphatic heterocycles. The van der Waals surface area contributed by atoms with Gasteiger partial charge in [0.15, 0.2) is 22.5 Å². The van der Waals surface area contributed by atoms with Gasteiger partial charge in [0.05, 0.1) is 0 Å². The molecule has 1 aromatic heterocycles. The lowest BCUT2D eigenvalue weighted by Gasteiger charge is -2.47. The number of nitrogens with zero attached hydrogens (tertiary/aromatic N) is 5. The molecule has 1 aromatic rings. The number of hydrogen-bond acceptors (Lipinski definition) is 9. The molecule has 196 valence electrons. The number of halogens is 1. The third kappa shape index (κ3) is 6.86. The Kier molecular flexibility index (Phi) is 9.00. The van der Waals surface area contributed by atoms with E-state index in [-0.39, 0.29) is 22.8 Å². The van der Waals surface area contributed by atoms with Crippen molar-refractivity contribution in [2.45, 2.75) is 64.6 Å². The molecule has 3 heterocycles. The molecule has 2 fully saturated rings. The van der Waals surface area contributed by atoms with Crippen molar-refractivity contribution in [2.24, 2.45) is 5.73 Å². The van der Waals surface area contributed by atoms with Gasteiger partial charge in [-0.05, 0) is 40.0 Å². The van der Waals surface area contributed by atoms with Gasteiger partial charge in [0.25, 0.3) is 5.91 Å². The van der Waals surface area contributed by atoms with E-state index in [1.807, 2.05) is 25.7 Å². The van der Waals surface area contributed by atoms with E-state index < -0.39 is 11.5 Å². The number of likely N-dealkylation sites (tertiary alicyclic amines) is 1. The van der Waals surface area contributed by atoms with Crippen LogP contribution in [0, 0.1) is 0 Å². The lowest BCUT2D eigenvalue weighted by molar-refractivity contribution is 0.00943. The average Bonchev–Trinajstić information content (AvgIpc) is 2.82. The maximum absolute atomic E-state index is 12.4. The van der Waals surface area contributed by atoms with Crippen molar-refractivity contribution >= 4 is 35.2 Å². The van der Waals surface area contributed by atoms with E-state index in [0.29, 0.717) is 44.1 Å². The van der Waals surface area contributed by atoms with Crippen molar-refractivity contribution in [3.8, 4) is 0 Å². The normalized spacial score (nSPS) is 20.1. The van der Waals surface area contributed by atoms with Gasteiger partial charge in [-0.15, -0.1) is 0 Å². The molecule has 3 rings (SSSR count). The molecule has 35 heavy (non-hydrogen) atoms. The van der Waals surface area contributed by atoms with Gasteiger partial charge in [-0.1, -0.05) is 18.5 Å². The molecule has 0 unspecified atom stereocenters. The second-order valence-corrected chi connectivity index (χ2v) is 10.4. The standard InChI is InChI=1S/C23H39ClN8O3/c1-5-15-14-31(20-18(24)28-17(19(26)29-20)21(33)27-9-8-25)12-13-32(15)16-6-10-30(11-7-16)22(34)35-23(2,3)4/h15-16H,5-14,25H2,1-4H3,(H2,26,29)(H,27,33)/t15-/m0/s1. The van der Waals surface area contributed by atoms with E-state index in [2.05, 4.69) is 32.0 Å². The summed E-state index contributed by atoms with van der Waals surface area (Å²) in [4.78, 5) is 39.8. The van der Waals surface area contributed by atoms with Gasteiger partial charge in [-0.25, -0.2) is 14.8 Å². The molecular weight excluding hydrogens is 472 g/mol. The highest BCUT2D eigenvalue weighted by molar-refractivity contribution is 6.32. The van der Waals surface area contributed by atoms with Crippen molar-refractivity contribution in [2.75, 3.05) is 56.4 Å². The lowest BCUT2D eigenvalue weighted by Crippen LogP contribution is -2.59. The first-order valence-corrected chi connectivity index (χ1v) is 12.7. The summed E-state index contributed by atoms with van der Waals surface area (Å²) in [7, 11) is 0. The Hall–Kier alpha value is -2.37. The summed E-state index contributed by atoms with van der Waals surface area (Å²) in [6, 6.07) is 0.703. The zero-order chi connectivity index (χ0) is 25.8. The molecule has 0 radical (unpaired) electrons. The Labute approximate surface area is 212 Å². The predicted octanol–water partition coefficient (Wildman–Crippen LogP) is 1.70. The fraction of sp³-hybridized carbons (Fsp3) is 0.739. The third-order valence-electron chi connectivity index (χ3n) is 6.39. The number of aromatic nitrogens is 2. The Morgan fingerprint density at radius 3 is 2.46 bits per heavy atom. The number of nitrogens with one attached hydrogen (secondary N) is 1. The first-order valence-electron chi connectivity index (χ1n) is 12.3. The number of hydrogen-bond donors (Lipinski definition) is 3. The van der Waals surface area contributed by atoms with Crippen molar-refractivity contribution in [1.82, 2.24) is 25.1 Å². The summed E-state index contributed by atoms with van der Waals surface area (Å²) < 4.78 is 5.53. The molecule has 2 saturated heterocycles. The molecule has 0 saturated carbocycles. The molecule has 2 aliphatic rings. The van der Waals surface area contributed by atoms with Crippen LogP contribution in [0.1, 0.15) is 57.4 Å². The van der Waals surface area contributed by atoms with Crippen LogP contribution in [0.2, 0.25) is 5.15 Å². The minimum atomic E-state index is -0.488. The Morgan fingerprint density at radius 1 is 1.17 bits per heavy atom. The molecular formula is C23H39ClN8O3. The number of anilines is 2. The first kappa shape index (κ1) is 27.2. The lowest BCUT2D eigenvalue weighted by atomic mass is 9.98. The van der Waals surface area contributed by atoms with Gasteiger partial charge in [-0.3, -0.25) is 9.69 Å². The van der Waals surface area contributed by atoms with E-state index in [4.69, 9.17) is 27.8 Å². The third-order valence-corrected chi connectivity index (χ3v) is 6.65. The smallest absolute Gasteiger partial charge is 0.410 e. The van der Waals surface area contributed by atoms with Crippen LogP contribution in [0.15, 0.2) is 0 Å². The van der Waals surface area contributed by atoms with E-state index in [0.717, 1.165) is 38.9 Å². The SMILES string of the molecule is CC[C@H]1CN(c2nc(N)c(C(=O)NCCN)nc2Cl)CCN1C1CCN(C(=O)OC(C)(C)C)CC1. The molecule has 0 aliphatic carbocycles. The number of carbonyl (C=O) groups is 2. The van der Waals surface area contributed by atoms with Gasteiger partial charge in [0, 0.05) is 57.9 Å². The molecule has 0 bridgehead atoms. The second kappa shape index (κ2) is 11.6. The number of amides is 2. The average molecular weight is 511 g/mol. The van der Waals surface area contributed by atoms with Gasteiger partial charge in [0.1, 0.15) is 5.60 Å². The van der Waals surface area contributed by atoms with Crippen molar-refractivity contribution in [1.29, 1.82) is 0 Å². The summed E-state index contributed by atoms with van der Waals surface area (Å²) in [5.74, 6) is 0.101. The van der Waals surface area contributed by atoms with E-state index in [1.165, 1.54) is 0 Å². The van der Waals surface area contributed by atoms with Crippen LogP contribution in [0.25, 0.3) is 0 Å². The summed E-state index contributed by atoms with van der Waals surface area (Å²) in [5, 5.41) is 2.80. The van der Waals surface area contributed by atoms with Crippen molar-refractivity contribution < 1.29 is 14.3 Å². The summed E-state index contributed by atoms with van der Waals surface area (Å²) >= 11 is 6.44. The van der Waals surface area contributed by atoms with Crippen molar-refractivity contribution in [3.63, 3.8) is 0 Å². The van der Waals surface area contributed by atoms with Crippen LogP contribution in [0.5, 0.6) is 0 Å². The fourth-order valence-electron chi connectivity index (χ4n) is 4.67. The number of nitrogens with two attached hydrogens (primary N) is 2. The minimum absolute atomic E-state index is 0.00891. The monoisotopic (exact) mass is 510 g/mol.